The Morgan fingerprint density at radius 3 is 1.92 bits per heavy atom. The van der Waals surface area contributed by atoms with E-state index in [-0.39, 0.29) is 43.3 Å². The summed E-state index contributed by atoms with van der Waals surface area (Å²) in [6.07, 6.45) is -3.69. The first-order valence-corrected chi connectivity index (χ1v) is 16.1. The average molecular weight is 715 g/mol. The van der Waals surface area contributed by atoms with E-state index in [0.29, 0.717) is 36.1 Å². The zero-order valence-electron chi connectivity index (χ0n) is 28.2. The maximum Gasteiger partial charge on any atom is 0.416 e. The second-order valence-electron chi connectivity index (χ2n) is 12.4. The number of carboxylic acids is 1. The lowest BCUT2D eigenvalue weighted by atomic mass is 9.82. The summed E-state index contributed by atoms with van der Waals surface area (Å²) in [5.41, 5.74) is 4.22. The first kappa shape index (κ1) is 40.0. The molecule has 1 amide bonds. The summed E-state index contributed by atoms with van der Waals surface area (Å²) in [5, 5.41) is 10.5. The van der Waals surface area contributed by atoms with E-state index in [0.717, 1.165) is 0 Å². The summed E-state index contributed by atoms with van der Waals surface area (Å²) in [7, 11) is 1.57. The molecule has 1 saturated heterocycles. The number of guanidine groups is 1. The Morgan fingerprint density at radius 1 is 0.980 bits per heavy atom. The molecule has 276 valence electrons. The average Bonchev–Trinajstić information content (AvgIpc) is 3.02. The molecule has 3 atom stereocenters. The Labute approximate surface area is 287 Å². The van der Waals surface area contributed by atoms with E-state index in [4.69, 9.17) is 16.3 Å². The van der Waals surface area contributed by atoms with Gasteiger partial charge in [-0.2, -0.15) is 26.3 Å². The van der Waals surface area contributed by atoms with Crippen LogP contribution in [-0.4, -0.2) is 69.2 Å². The number of ether oxygens (including phenoxy) is 1. The fourth-order valence-corrected chi connectivity index (χ4v) is 6.22. The van der Waals surface area contributed by atoms with E-state index in [1.165, 1.54) is 34.5 Å². The zero-order chi connectivity index (χ0) is 37.6. The van der Waals surface area contributed by atoms with Gasteiger partial charge in [-0.25, -0.2) is 15.6 Å². The third-order valence-electron chi connectivity index (χ3n) is 8.93. The largest absolute Gasteiger partial charge is 0.481 e. The molecule has 1 aromatic rings. The number of alkyl halides is 6. The number of carbonyl (C=O) groups excluding carboxylic acids is 1. The predicted molar refractivity (Wildman–Crippen MR) is 176 cm³/mol. The Hall–Kier alpha value is -4.47. The van der Waals surface area contributed by atoms with Crippen molar-refractivity contribution in [1.82, 2.24) is 14.8 Å². The number of carboxylic acid groups (broad SMARTS) is 1. The van der Waals surface area contributed by atoms with Crippen molar-refractivity contribution < 1.29 is 45.8 Å². The number of rotatable bonds is 12. The first-order chi connectivity index (χ1) is 23.3. The molecule has 16 heteroatoms. The number of aliphatic imine (C=N–C) groups is 1. The van der Waals surface area contributed by atoms with Gasteiger partial charge in [0.05, 0.1) is 17.0 Å². The van der Waals surface area contributed by atoms with Crippen LogP contribution in [0.15, 0.2) is 72.0 Å². The molecule has 0 bridgehead atoms. The molecule has 10 nitrogen and oxygen atoms in total. The van der Waals surface area contributed by atoms with Crippen LogP contribution in [0, 0.1) is 5.92 Å². The van der Waals surface area contributed by atoms with E-state index in [1.807, 2.05) is 13.8 Å². The van der Waals surface area contributed by atoms with Gasteiger partial charge in [0, 0.05) is 49.7 Å². The lowest BCUT2D eigenvalue weighted by molar-refractivity contribution is -0.149. The molecule has 1 aliphatic carbocycles. The van der Waals surface area contributed by atoms with Crippen LogP contribution in [0.5, 0.6) is 0 Å². The van der Waals surface area contributed by atoms with Crippen molar-refractivity contribution in [3.8, 4) is 0 Å². The maximum atomic E-state index is 13.8. The van der Waals surface area contributed by atoms with Crippen molar-refractivity contribution in [2.75, 3.05) is 7.05 Å². The van der Waals surface area contributed by atoms with Gasteiger partial charge in [0.2, 0.25) is 0 Å². The lowest BCUT2D eigenvalue weighted by Crippen LogP contribution is -2.59. The highest BCUT2D eigenvalue weighted by Gasteiger charge is 2.44. The standard InChI is InChI=1S/C34H44F6N6O4/c1-6-21(22(7-2)19-44(5)42)17-43-31(41)45(18-20-10-24(33(35,36)37)14-25(11-20)34(38,39)40)28-15-26(8-3)46(27(9-4)16-28)32(49)50-29-12-23(13-29)30(47)48/h6-7,10-11,14,17,19,23,26-29H,1-2,8-9,12-13,15-16,18,42H2,3-5H3,(H2,41,43)(H,47,48)/b21-17+,22-19+/t23?,26-,27+,28?,29?. The number of hydrazine groups is 1. The number of carbonyl (C=O) groups is 2. The molecular formula is C34H44F6N6O4. The van der Waals surface area contributed by atoms with E-state index in [2.05, 4.69) is 18.2 Å². The van der Waals surface area contributed by atoms with Gasteiger partial charge in [-0.15, -0.1) is 0 Å². The third kappa shape index (κ3) is 10.0. The smallest absolute Gasteiger partial charge is 0.416 e. The first-order valence-electron chi connectivity index (χ1n) is 16.1. The number of aliphatic carboxylic acids is 1. The Bertz CT molecular complexity index is 1450. The van der Waals surface area contributed by atoms with Crippen LogP contribution < -0.4 is 11.6 Å². The van der Waals surface area contributed by atoms with Crippen LogP contribution in [0.2, 0.25) is 0 Å². The van der Waals surface area contributed by atoms with Crippen LogP contribution in [-0.2, 0) is 28.4 Å². The molecule has 1 heterocycles. The summed E-state index contributed by atoms with van der Waals surface area (Å²) in [6, 6.07) is -0.0995. The van der Waals surface area contributed by atoms with E-state index < -0.39 is 72.2 Å². The summed E-state index contributed by atoms with van der Waals surface area (Å²) in [6.45, 7) is 10.7. The molecule has 2 fully saturated rings. The van der Waals surface area contributed by atoms with Gasteiger partial charge in [0.25, 0.3) is 0 Å². The second kappa shape index (κ2) is 16.5. The van der Waals surface area contributed by atoms with Crippen LogP contribution >= 0.6 is 0 Å². The molecule has 1 aromatic carbocycles. The molecule has 0 radical (unpaired) electrons. The highest BCUT2D eigenvalue weighted by molar-refractivity contribution is 5.79. The fourth-order valence-electron chi connectivity index (χ4n) is 6.22. The number of hydrogen-bond donors (Lipinski definition) is 3. The second-order valence-corrected chi connectivity index (χ2v) is 12.4. The monoisotopic (exact) mass is 714 g/mol. The quantitative estimate of drug-likeness (QED) is 0.0537. The van der Waals surface area contributed by atoms with Crippen molar-refractivity contribution in [2.45, 2.75) is 95.5 Å². The van der Waals surface area contributed by atoms with Gasteiger partial charge in [0.15, 0.2) is 5.96 Å². The Morgan fingerprint density at radius 2 is 1.50 bits per heavy atom. The molecular weight excluding hydrogens is 670 g/mol. The number of benzene rings is 1. The van der Waals surface area contributed by atoms with Crippen LogP contribution in [0.1, 0.15) is 69.1 Å². The molecule has 1 unspecified atom stereocenters. The summed E-state index contributed by atoms with van der Waals surface area (Å²) < 4.78 is 88.3. The van der Waals surface area contributed by atoms with E-state index in [9.17, 15) is 41.0 Å². The zero-order valence-corrected chi connectivity index (χ0v) is 28.2. The van der Waals surface area contributed by atoms with E-state index >= 15 is 0 Å². The van der Waals surface area contributed by atoms with Crippen LogP contribution in [0.3, 0.4) is 0 Å². The summed E-state index contributed by atoms with van der Waals surface area (Å²) in [5.74, 6) is 3.99. The molecule has 1 aliphatic heterocycles. The number of nitrogens with zero attached hydrogens (tertiary/aromatic N) is 4. The molecule has 2 aliphatic rings. The van der Waals surface area contributed by atoms with E-state index in [1.54, 1.807) is 11.9 Å². The minimum absolute atomic E-state index is 0.0626. The van der Waals surface area contributed by atoms with Gasteiger partial charge >= 0.3 is 24.4 Å². The highest BCUT2D eigenvalue weighted by atomic mass is 19.4. The predicted octanol–water partition coefficient (Wildman–Crippen LogP) is 6.81. The van der Waals surface area contributed by atoms with Gasteiger partial charge in [-0.3, -0.25) is 4.79 Å². The van der Waals surface area contributed by atoms with Crippen molar-refractivity contribution in [3.63, 3.8) is 0 Å². The Kier molecular flexibility index (Phi) is 13.2. The minimum Gasteiger partial charge on any atom is -0.481 e. The van der Waals surface area contributed by atoms with Crippen molar-refractivity contribution >= 4 is 18.0 Å². The number of piperidine rings is 1. The van der Waals surface area contributed by atoms with Gasteiger partial charge in [-0.1, -0.05) is 39.2 Å². The normalized spacial score (nSPS) is 23.5. The molecule has 0 aromatic heterocycles. The number of amides is 1. The Balaban J connectivity index is 2.06. The molecule has 0 spiro atoms. The SMILES string of the molecule is C=CC(=C\N=C(N)N(Cc1cc(C(F)(F)F)cc(C(F)(F)F)c1)C1C[C@@H](CC)N(C(=O)OC2CC(C(=O)O)C2)[C@@H](CC)C1)/C(C=C)=C/N(C)N. The number of halogens is 6. The topological polar surface area (TPSA) is 138 Å². The highest BCUT2D eigenvalue weighted by Crippen LogP contribution is 2.38. The van der Waals surface area contributed by atoms with Crippen molar-refractivity contribution in [3.05, 3.63) is 83.7 Å². The van der Waals surface area contributed by atoms with Crippen molar-refractivity contribution in [2.24, 2.45) is 22.5 Å². The molecule has 50 heavy (non-hydrogen) atoms. The number of nitrogens with two attached hydrogens (primary N) is 2. The molecule has 1 saturated carbocycles. The van der Waals surface area contributed by atoms with Crippen LogP contribution in [0.25, 0.3) is 0 Å². The molecule has 3 rings (SSSR count). The minimum atomic E-state index is -5.05. The summed E-state index contributed by atoms with van der Waals surface area (Å²) >= 11 is 0. The van der Waals surface area contributed by atoms with Gasteiger partial charge < -0.3 is 30.4 Å². The van der Waals surface area contributed by atoms with Gasteiger partial charge in [0.1, 0.15) is 6.10 Å². The number of likely N-dealkylation sites (tertiary alicyclic amines) is 1. The molecule has 5 N–H and O–H groups in total. The van der Waals surface area contributed by atoms with Crippen molar-refractivity contribution in [1.29, 1.82) is 0 Å². The lowest BCUT2D eigenvalue weighted by Gasteiger charge is -2.48. The number of hydrogen-bond acceptors (Lipinski definition) is 6. The van der Waals surface area contributed by atoms with Crippen LogP contribution in [0.4, 0.5) is 31.1 Å². The van der Waals surface area contributed by atoms with Gasteiger partial charge in [-0.05, 0) is 67.9 Å². The third-order valence-corrected chi connectivity index (χ3v) is 8.93. The maximum absolute atomic E-state index is 13.8. The number of allylic oxidation sites excluding steroid dienone is 4. The summed E-state index contributed by atoms with van der Waals surface area (Å²) in [4.78, 5) is 32.0. The fraction of sp³-hybridized carbons (Fsp3) is 0.500.